The largest absolute Gasteiger partial charge is 0.378 e. The van der Waals surface area contributed by atoms with E-state index in [0.717, 1.165) is 71.5 Å². The molecule has 3 aromatic heterocycles. The molecule has 3 saturated heterocycles. The van der Waals surface area contributed by atoms with Crippen molar-refractivity contribution in [1.29, 1.82) is 0 Å². The number of hydrogen-bond donors (Lipinski definition) is 1. The van der Waals surface area contributed by atoms with Gasteiger partial charge in [-0.25, -0.2) is 14.4 Å². The van der Waals surface area contributed by atoms with Crippen molar-refractivity contribution in [2.45, 2.75) is 6.54 Å². The molecule has 4 aromatic rings. The van der Waals surface area contributed by atoms with Crippen molar-refractivity contribution in [3.63, 3.8) is 0 Å². The van der Waals surface area contributed by atoms with Gasteiger partial charge in [0, 0.05) is 67.8 Å². The summed E-state index contributed by atoms with van der Waals surface area (Å²) >= 11 is 3.66. The molecule has 0 bridgehead atoms. The van der Waals surface area contributed by atoms with Crippen LogP contribution in [0.15, 0.2) is 30.5 Å². The number of halogens is 1. The van der Waals surface area contributed by atoms with E-state index >= 15 is 4.39 Å². The molecule has 3 fully saturated rings. The van der Waals surface area contributed by atoms with Crippen LogP contribution in [0.1, 0.15) is 4.88 Å². The van der Waals surface area contributed by atoms with Gasteiger partial charge < -0.3 is 14.6 Å². The lowest BCUT2D eigenvalue weighted by atomic mass is 10.0. The van der Waals surface area contributed by atoms with Crippen molar-refractivity contribution in [3.8, 4) is 11.4 Å². The summed E-state index contributed by atoms with van der Waals surface area (Å²) in [6.07, 6.45) is 4.02. The molecule has 1 N–H and O–H groups in total. The second-order valence-corrected chi connectivity index (χ2v) is 12.0. The molecule has 36 heavy (non-hydrogen) atoms. The minimum atomic E-state index is -0.298. The van der Waals surface area contributed by atoms with Crippen LogP contribution < -0.4 is 4.90 Å². The van der Waals surface area contributed by atoms with Crippen molar-refractivity contribution in [1.82, 2.24) is 24.2 Å². The first-order valence-electron chi connectivity index (χ1n) is 12.6. The number of aromatic amines is 1. The van der Waals surface area contributed by atoms with E-state index in [-0.39, 0.29) is 5.82 Å². The molecule has 0 amide bonds. The summed E-state index contributed by atoms with van der Waals surface area (Å²) in [7, 11) is 0. The maximum Gasteiger partial charge on any atom is 0.165 e. The molecule has 7 nitrogen and oxygen atoms in total. The number of nitrogens with zero attached hydrogens (tertiary/aromatic N) is 5. The van der Waals surface area contributed by atoms with Crippen LogP contribution in [0, 0.1) is 17.7 Å². The zero-order valence-electron chi connectivity index (χ0n) is 20.2. The lowest BCUT2D eigenvalue weighted by Crippen LogP contribution is -2.36. The van der Waals surface area contributed by atoms with Crippen LogP contribution >= 0.6 is 23.3 Å². The van der Waals surface area contributed by atoms with Gasteiger partial charge in [0.15, 0.2) is 11.6 Å². The number of likely N-dealkylation sites (tertiary alicyclic amines) is 1. The normalized spacial score (nSPS) is 23.3. The standard InChI is InChI=1S/C26H29FN6OS2/c1-35-33-13-16-11-31(12-17(16)14-33)15-18-10-22-24(36-18)26(32-6-8-34-9-7-32)30-25(29-22)23-19-4-5-28-21(19)3-2-20(23)27/h2-5,10,16-17,28H,6-9,11-15H2,1H3. The first kappa shape index (κ1) is 22.9. The van der Waals surface area contributed by atoms with Gasteiger partial charge in [0.25, 0.3) is 0 Å². The van der Waals surface area contributed by atoms with Gasteiger partial charge in [0.1, 0.15) is 5.82 Å². The van der Waals surface area contributed by atoms with Crippen LogP contribution in [0.3, 0.4) is 0 Å². The molecule has 3 aliphatic rings. The third kappa shape index (κ3) is 3.99. The van der Waals surface area contributed by atoms with E-state index in [0.29, 0.717) is 24.6 Å². The summed E-state index contributed by atoms with van der Waals surface area (Å²) in [4.78, 5) is 19.3. The summed E-state index contributed by atoms with van der Waals surface area (Å²) in [6, 6.07) is 7.36. The fraction of sp³-hybridized carbons (Fsp3) is 0.462. The van der Waals surface area contributed by atoms with Crippen LogP contribution in [-0.4, -0.2) is 82.9 Å². The molecular formula is C26H29FN6OS2. The van der Waals surface area contributed by atoms with Crippen LogP contribution in [-0.2, 0) is 11.3 Å². The maximum absolute atomic E-state index is 15.2. The highest BCUT2D eigenvalue weighted by Gasteiger charge is 2.39. The predicted molar refractivity (Wildman–Crippen MR) is 145 cm³/mol. The van der Waals surface area contributed by atoms with E-state index in [4.69, 9.17) is 14.7 Å². The number of rotatable bonds is 5. The highest BCUT2D eigenvalue weighted by atomic mass is 32.2. The molecule has 2 unspecified atom stereocenters. The summed E-state index contributed by atoms with van der Waals surface area (Å²) in [5.41, 5.74) is 2.25. The minimum Gasteiger partial charge on any atom is -0.378 e. The van der Waals surface area contributed by atoms with Crippen molar-refractivity contribution >= 4 is 50.2 Å². The van der Waals surface area contributed by atoms with E-state index in [2.05, 4.69) is 31.4 Å². The lowest BCUT2D eigenvalue weighted by molar-refractivity contribution is 0.122. The fourth-order valence-corrected chi connectivity index (χ4v) is 7.86. The Morgan fingerprint density at radius 2 is 1.92 bits per heavy atom. The average molecular weight is 525 g/mol. The molecular weight excluding hydrogens is 495 g/mol. The predicted octanol–water partition coefficient (Wildman–Crippen LogP) is 4.46. The monoisotopic (exact) mass is 524 g/mol. The first-order valence-corrected chi connectivity index (χ1v) is 14.6. The van der Waals surface area contributed by atoms with E-state index < -0.39 is 0 Å². The van der Waals surface area contributed by atoms with Crippen LogP contribution in [0.5, 0.6) is 0 Å². The zero-order chi connectivity index (χ0) is 24.2. The molecule has 2 atom stereocenters. The summed E-state index contributed by atoms with van der Waals surface area (Å²) < 4.78 is 24.4. The molecule has 7 rings (SSSR count). The summed E-state index contributed by atoms with van der Waals surface area (Å²) in [6.45, 7) is 8.53. The number of hydrogen-bond acceptors (Lipinski definition) is 8. The number of nitrogens with one attached hydrogen (secondary N) is 1. The van der Waals surface area contributed by atoms with Crippen molar-refractivity contribution in [2.24, 2.45) is 11.8 Å². The van der Waals surface area contributed by atoms with Crippen molar-refractivity contribution in [2.75, 3.05) is 63.6 Å². The third-order valence-corrected chi connectivity index (χ3v) is 9.71. The van der Waals surface area contributed by atoms with Crippen LogP contribution in [0.4, 0.5) is 10.2 Å². The Hall–Kier alpha value is -2.24. The molecule has 1 aromatic carbocycles. The molecule has 0 radical (unpaired) electrons. The van der Waals surface area contributed by atoms with Gasteiger partial charge in [0.2, 0.25) is 0 Å². The Kier molecular flexibility index (Phi) is 5.89. The molecule has 0 spiro atoms. The average Bonchev–Trinajstić information content (AvgIpc) is 3.66. The lowest BCUT2D eigenvalue weighted by Gasteiger charge is -2.28. The molecule has 188 valence electrons. The Bertz CT molecular complexity index is 1400. The topological polar surface area (TPSA) is 60.5 Å². The maximum atomic E-state index is 15.2. The Balaban J connectivity index is 1.26. The van der Waals surface area contributed by atoms with E-state index in [1.54, 1.807) is 17.4 Å². The van der Waals surface area contributed by atoms with Gasteiger partial charge in [-0.15, -0.1) is 11.3 Å². The SMILES string of the molecule is CSN1CC2CN(Cc3cc4nc(-c5c(F)ccc6[nH]ccc56)nc(N5CCOCC5)c4s3)CC2C1. The van der Waals surface area contributed by atoms with Crippen LogP contribution in [0.2, 0.25) is 0 Å². The fourth-order valence-electron chi connectivity index (χ4n) is 6.02. The van der Waals surface area contributed by atoms with Gasteiger partial charge in [-0.05, 0) is 42.4 Å². The smallest absolute Gasteiger partial charge is 0.165 e. The number of ether oxygens (including phenoxy) is 1. The Morgan fingerprint density at radius 3 is 2.69 bits per heavy atom. The second kappa shape index (κ2) is 9.25. The van der Waals surface area contributed by atoms with E-state index in [1.165, 1.54) is 24.0 Å². The van der Waals surface area contributed by atoms with Gasteiger partial charge in [-0.2, -0.15) is 0 Å². The Labute approximate surface area is 217 Å². The van der Waals surface area contributed by atoms with Crippen molar-refractivity contribution in [3.05, 3.63) is 41.2 Å². The molecule has 10 heteroatoms. The highest BCUT2D eigenvalue weighted by Crippen LogP contribution is 2.39. The third-order valence-electron chi connectivity index (χ3n) is 7.79. The van der Waals surface area contributed by atoms with Gasteiger partial charge in [-0.3, -0.25) is 9.21 Å². The van der Waals surface area contributed by atoms with Gasteiger partial charge in [0.05, 0.1) is 29.0 Å². The van der Waals surface area contributed by atoms with Crippen LogP contribution in [0.25, 0.3) is 32.5 Å². The van der Waals surface area contributed by atoms with Gasteiger partial charge in [-0.1, -0.05) is 11.9 Å². The number of aromatic nitrogens is 3. The summed E-state index contributed by atoms with van der Waals surface area (Å²) in [5, 5.41) is 0.806. The van der Waals surface area contributed by atoms with Gasteiger partial charge >= 0.3 is 0 Å². The Morgan fingerprint density at radius 1 is 1.11 bits per heavy atom. The number of fused-ring (bicyclic) bond motifs is 3. The number of morpholine rings is 1. The van der Waals surface area contributed by atoms with E-state index in [9.17, 15) is 0 Å². The van der Waals surface area contributed by atoms with Crippen molar-refractivity contribution < 1.29 is 9.13 Å². The number of thiophene rings is 1. The number of anilines is 1. The van der Waals surface area contributed by atoms with E-state index in [1.807, 2.05) is 24.2 Å². The molecule has 0 aliphatic carbocycles. The molecule has 0 saturated carbocycles. The zero-order valence-corrected chi connectivity index (χ0v) is 21.9. The summed E-state index contributed by atoms with van der Waals surface area (Å²) in [5.74, 6) is 2.59. The number of benzene rings is 1. The number of H-pyrrole nitrogens is 1. The highest BCUT2D eigenvalue weighted by molar-refractivity contribution is 7.96. The first-order chi connectivity index (χ1) is 17.7. The minimum absolute atomic E-state index is 0.298. The quantitative estimate of drug-likeness (QED) is 0.387. The molecule has 6 heterocycles. The molecule has 3 aliphatic heterocycles. The second-order valence-electron chi connectivity index (χ2n) is 10.0.